The molecule has 1 fully saturated rings. The van der Waals surface area contributed by atoms with Gasteiger partial charge >= 0.3 is 0 Å². The van der Waals surface area contributed by atoms with E-state index in [0.717, 1.165) is 11.3 Å². The summed E-state index contributed by atoms with van der Waals surface area (Å²) in [6.07, 6.45) is 1.71. The Balaban J connectivity index is 2.28. The zero-order valence-electron chi connectivity index (χ0n) is 10.9. The maximum Gasteiger partial charge on any atom is 0.254 e. The molecule has 5 nitrogen and oxygen atoms in total. The Morgan fingerprint density at radius 1 is 1.42 bits per heavy atom. The van der Waals surface area contributed by atoms with E-state index in [-0.39, 0.29) is 8.68 Å². The van der Waals surface area contributed by atoms with Crippen molar-refractivity contribution in [2.24, 2.45) is 0 Å². The van der Waals surface area contributed by atoms with Crippen LogP contribution in [0.2, 0.25) is 4.47 Å². The third-order valence-electron chi connectivity index (χ3n) is 3.32. The predicted molar refractivity (Wildman–Crippen MR) is 75.1 cm³/mol. The second kappa shape index (κ2) is 5.29. The highest BCUT2D eigenvalue weighted by Crippen LogP contribution is 2.31. The number of nitrogens with zero attached hydrogens (tertiary/aromatic N) is 2. The summed E-state index contributed by atoms with van der Waals surface area (Å²) in [4.78, 5) is 3.95. The van der Waals surface area contributed by atoms with Crippen LogP contribution in [-0.2, 0) is 10.0 Å². The van der Waals surface area contributed by atoms with Crippen LogP contribution in [0.4, 0.5) is 0 Å². The summed E-state index contributed by atoms with van der Waals surface area (Å²) < 4.78 is 26.9. The van der Waals surface area contributed by atoms with Crippen LogP contribution in [0.5, 0.6) is 0 Å². The van der Waals surface area contributed by atoms with Crippen LogP contribution >= 0.6 is 22.9 Å². The van der Waals surface area contributed by atoms with Crippen molar-refractivity contribution in [3.8, 4) is 0 Å². The first kappa shape index (κ1) is 15.2. The van der Waals surface area contributed by atoms with Gasteiger partial charge in [0.25, 0.3) is 10.0 Å². The number of aryl methyl sites for hydroxylation is 1. The van der Waals surface area contributed by atoms with Crippen LogP contribution < -0.4 is 0 Å². The molecule has 8 heteroatoms. The molecular formula is C11H17ClN2O3S2. The maximum absolute atomic E-state index is 12.5. The Hall–Kier alpha value is -0.210. The van der Waals surface area contributed by atoms with Gasteiger partial charge in [-0.2, -0.15) is 4.31 Å². The monoisotopic (exact) mass is 324 g/mol. The highest BCUT2D eigenvalue weighted by atomic mass is 35.5. The van der Waals surface area contributed by atoms with Crippen molar-refractivity contribution in [2.45, 2.75) is 42.9 Å². The minimum absolute atomic E-state index is 0.207. The van der Waals surface area contributed by atoms with E-state index in [1.165, 1.54) is 4.31 Å². The molecule has 1 N–H and O–H groups in total. The zero-order chi connectivity index (χ0) is 14.3. The van der Waals surface area contributed by atoms with E-state index in [2.05, 4.69) is 4.98 Å². The van der Waals surface area contributed by atoms with Gasteiger partial charge in [0.1, 0.15) is 0 Å². The minimum atomic E-state index is -3.55. The summed E-state index contributed by atoms with van der Waals surface area (Å²) in [7, 11) is -3.55. The molecule has 1 unspecified atom stereocenters. The van der Waals surface area contributed by atoms with Gasteiger partial charge in [-0.1, -0.05) is 22.9 Å². The quantitative estimate of drug-likeness (QED) is 0.903. The number of halogens is 1. The summed E-state index contributed by atoms with van der Waals surface area (Å²) in [6.45, 7) is 4.14. The molecule has 19 heavy (non-hydrogen) atoms. The lowest BCUT2D eigenvalue weighted by molar-refractivity contribution is 0.0465. The molecule has 0 bridgehead atoms. The molecule has 0 aromatic carbocycles. The van der Waals surface area contributed by atoms with Crippen molar-refractivity contribution >= 4 is 33.0 Å². The second-order valence-corrected chi connectivity index (χ2v) is 8.81. The van der Waals surface area contributed by atoms with Gasteiger partial charge in [0.05, 0.1) is 11.3 Å². The first-order chi connectivity index (χ1) is 8.72. The van der Waals surface area contributed by atoms with E-state index in [4.69, 9.17) is 11.6 Å². The fourth-order valence-corrected chi connectivity index (χ4v) is 5.54. The SMILES string of the molecule is Cc1nc(Cl)sc1S(=O)(=O)N1CCCC(C)(O)CC1. The average Bonchev–Trinajstić information content (AvgIpc) is 2.52. The van der Waals surface area contributed by atoms with Crippen molar-refractivity contribution in [1.29, 1.82) is 0 Å². The highest BCUT2D eigenvalue weighted by molar-refractivity contribution is 7.91. The fraction of sp³-hybridized carbons (Fsp3) is 0.727. The molecule has 1 aromatic rings. The molecule has 108 valence electrons. The van der Waals surface area contributed by atoms with Crippen molar-refractivity contribution in [2.75, 3.05) is 13.1 Å². The summed E-state index contributed by atoms with van der Waals surface area (Å²) in [5, 5.41) is 10.0. The Labute approximate surface area is 122 Å². The Bertz CT molecular complexity index is 568. The van der Waals surface area contributed by atoms with Crippen LogP contribution in [-0.4, -0.2) is 41.5 Å². The average molecular weight is 325 g/mol. The molecule has 2 heterocycles. The van der Waals surface area contributed by atoms with Crippen LogP contribution in [0.25, 0.3) is 0 Å². The standard InChI is InChI=1S/C11H17ClN2O3S2/c1-8-9(18-10(12)13-8)19(16,17)14-6-3-4-11(2,15)5-7-14/h15H,3-7H2,1-2H3. The molecule has 1 saturated heterocycles. The van der Waals surface area contributed by atoms with Crippen molar-refractivity contribution in [3.63, 3.8) is 0 Å². The van der Waals surface area contributed by atoms with Crippen molar-refractivity contribution in [1.82, 2.24) is 9.29 Å². The van der Waals surface area contributed by atoms with Gasteiger partial charge in [-0.15, -0.1) is 0 Å². The molecule has 1 atom stereocenters. The number of thiazole rings is 1. The van der Waals surface area contributed by atoms with Crippen LogP contribution in [0, 0.1) is 6.92 Å². The van der Waals surface area contributed by atoms with Crippen LogP contribution in [0.15, 0.2) is 4.21 Å². The molecule has 1 aliphatic rings. The molecule has 0 aliphatic carbocycles. The Kier molecular flexibility index (Phi) is 4.23. The van der Waals surface area contributed by atoms with E-state index in [1.54, 1.807) is 13.8 Å². The lowest BCUT2D eigenvalue weighted by atomic mass is 9.98. The lowest BCUT2D eigenvalue weighted by Gasteiger charge is -2.21. The van der Waals surface area contributed by atoms with Crippen molar-refractivity contribution in [3.05, 3.63) is 10.2 Å². The van der Waals surface area contributed by atoms with Gasteiger partial charge in [-0.25, -0.2) is 13.4 Å². The normalized spacial score (nSPS) is 26.3. The van der Waals surface area contributed by atoms with Crippen molar-refractivity contribution < 1.29 is 13.5 Å². The largest absolute Gasteiger partial charge is 0.390 e. The predicted octanol–water partition coefficient (Wildman–Crippen LogP) is 2.03. The minimum Gasteiger partial charge on any atom is -0.390 e. The summed E-state index contributed by atoms with van der Waals surface area (Å²) >= 11 is 6.76. The molecule has 2 rings (SSSR count). The first-order valence-electron chi connectivity index (χ1n) is 6.08. The number of sulfonamides is 1. The molecule has 0 saturated carbocycles. The number of aromatic nitrogens is 1. The van der Waals surface area contributed by atoms with Gasteiger partial charge in [0, 0.05) is 13.1 Å². The topological polar surface area (TPSA) is 70.5 Å². The van der Waals surface area contributed by atoms with Gasteiger partial charge in [0.15, 0.2) is 8.68 Å². The smallest absolute Gasteiger partial charge is 0.254 e. The Morgan fingerprint density at radius 2 is 2.11 bits per heavy atom. The third-order valence-corrected chi connectivity index (χ3v) is 7.07. The zero-order valence-corrected chi connectivity index (χ0v) is 13.3. The number of rotatable bonds is 2. The van der Waals surface area contributed by atoms with Crippen LogP contribution in [0.1, 0.15) is 31.9 Å². The number of aliphatic hydroxyl groups is 1. The third kappa shape index (κ3) is 3.28. The molecular weight excluding hydrogens is 308 g/mol. The van der Waals surface area contributed by atoms with Gasteiger partial charge in [0.2, 0.25) is 0 Å². The van der Waals surface area contributed by atoms with E-state index >= 15 is 0 Å². The number of hydrogen-bond acceptors (Lipinski definition) is 5. The van der Waals surface area contributed by atoms with Crippen LogP contribution in [0.3, 0.4) is 0 Å². The van der Waals surface area contributed by atoms with Gasteiger partial charge in [-0.05, 0) is 33.1 Å². The summed E-state index contributed by atoms with van der Waals surface area (Å²) in [5.41, 5.74) is -0.351. The molecule has 1 aliphatic heterocycles. The number of hydrogen-bond donors (Lipinski definition) is 1. The maximum atomic E-state index is 12.5. The molecule has 0 spiro atoms. The van der Waals surface area contributed by atoms with Gasteiger partial charge < -0.3 is 5.11 Å². The summed E-state index contributed by atoms with van der Waals surface area (Å²) in [6, 6.07) is 0. The first-order valence-corrected chi connectivity index (χ1v) is 8.71. The van der Waals surface area contributed by atoms with Gasteiger partial charge in [-0.3, -0.25) is 0 Å². The molecule has 1 aromatic heterocycles. The fourth-order valence-electron chi connectivity index (χ4n) is 2.19. The van der Waals surface area contributed by atoms with E-state index in [1.807, 2.05) is 0 Å². The Morgan fingerprint density at radius 3 is 2.68 bits per heavy atom. The van der Waals surface area contributed by atoms with E-state index in [9.17, 15) is 13.5 Å². The lowest BCUT2D eigenvalue weighted by Crippen LogP contribution is -2.33. The van der Waals surface area contributed by atoms with E-state index < -0.39 is 15.6 Å². The van der Waals surface area contributed by atoms with E-state index in [0.29, 0.717) is 38.0 Å². The summed E-state index contributed by atoms with van der Waals surface area (Å²) in [5.74, 6) is 0. The highest BCUT2D eigenvalue weighted by Gasteiger charge is 2.33. The second-order valence-electron chi connectivity index (χ2n) is 5.09. The molecule has 0 radical (unpaired) electrons. The molecule has 0 amide bonds.